The SMILES string of the molecule is CC(=C/C(=O)O)/C(=C\CC(C)CCCC(C)C)C(=O)O.[Na].[Na]. The van der Waals surface area contributed by atoms with E-state index in [9.17, 15) is 9.59 Å². The van der Waals surface area contributed by atoms with Gasteiger partial charge in [0.2, 0.25) is 0 Å². The number of carbonyl (C=O) groups is 2. The molecule has 4 nitrogen and oxygen atoms in total. The van der Waals surface area contributed by atoms with Gasteiger partial charge in [-0.1, -0.05) is 46.1 Å². The maximum absolute atomic E-state index is 11.1. The van der Waals surface area contributed by atoms with E-state index in [1.54, 1.807) is 6.08 Å². The Labute approximate surface area is 178 Å². The second-order valence-electron chi connectivity index (χ2n) is 5.75. The van der Waals surface area contributed by atoms with Crippen LogP contribution in [0.3, 0.4) is 0 Å². The molecule has 2 radical (unpaired) electrons. The van der Waals surface area contributed by atoms with Crippen molar-refractivity contribution >= 4 is 71.1 Å². The van der Waals surface area contributed by atoms with Crippen LogP contribution in [0.2, 0.25) is 0 Å². The second kappa shape index (κ2) is 15.0. The Morgan fingerprint density at radius 1 is 1.05 bits per heavy atom. The van der Waals surface area contributed by atoms with Crippen molar-refractivity contribution in [3.8, 4) is 0 Å². The van der Waals surface area contributed by atoms with Gasteiger partial charge < -0.3 is 10.2 Å². The van der Waals surface area contributed by atoms with Crippen LogP contribution in [0.4, 0.5) is 0 Å². The molecule has 0 aliphatic carbocycles. The predicted octanol–water partition coefficient (Wildman–Crippen LogP) is 3.12. The first kappa shape index (κ1) is 27.3. The van der Waals surface area contributed by atoms with E-state index in [-0.39, 0.29) is 70.3 Å². The second-order valence-corrected chi connectivity index (χ2v) is 5.75. The minimum atomic E-state index is -1.13. The number of hydrogen-bond acceptors (Lipinski definition) is 2. The van der Waals surface area contributed by atoms with Crippen molar-refractivity contribution < 1.29 is 19.8 Å². The van der Waals surface area contributed by atoms with Crippen LogP contribution in [0.1, 0.15) is 53.4 Å². The third-order valence-electron chi connectivity index (χ3n) is 3.20. The van der Waals surface area contributed by atoms with E-state index in [1.165, 1.54) is 13.3 Å². The van der Waals surface area contributed by atoms with Gasteiger partial charge in [-0.15, -0.1) is 0 Å². The van der Waals surface area contributed by atoms with Crippen LogP contribution in [0.5, 0.6) is 0 Å². The van der Waals surface area contributed by atoms with Crippen molar-refractivity contribution in [1.29, 1.82) is 0 Å². The Morgan fingerprint density at radius 2 is 1.59 bits per heavy atom. The zero-order valence-corrected chi connectivity index (χ0v) is 18.8. The van der Waals surface area contributed by atoms with E-state index in [2.05, 4.69) is 20.8 Å². The fourth-order valence-corrected chi connectivity index (χ4v) is 1.99. The first-order valence-corrected chi connectivity index (χ1v) is 7.09. The summed E-state index contributed by atoms with van der Waals surface area (Å²) in [7, 11) is 0. The summed E-state index contributed by atoms with van der Waals surface area (Å²) < 4.78 is 0. The third-order valence-corrected chi connectivity index (χ3v) is 3.20. The normalized spacial score (nSPS) is 13.1. The molecule has 0 spiro atoms. The molecule has 0 aliphatic rings. The third kappa shape index (κ3) is 14.0. The van der Waals surface area contributed by atoms with Gasteiger partial charge in [-0.05, 0) is 30.8 Å². The summed E-state index contributed by atoms with van der Waals surface area (Å²) in [5.41, 5.74) is 0.363. The van der Waals surface area contributed by atoms with Crippen molar-refractivity contribution in [1.82, 2.24) is 0 Å². The molecule has 0 heterocycles. The number of carboxylic acids is 2. The molecule has 0 bridgehead atoms. The van der Waals surface area contributed by atoms with Gasteiger partial charge in [0.25, 0.3) is 0 Å². The zero-order valence-electron chi connectivity index (χ0n) is 14.8. The average Bonchev–Trinajstić information content (AvgIpc) is 2.26. The number of rotatable bonds is 9. The number of allylic oxidation sites excluding steroid dienone is 1. The molecule has 0 rings (SSSR count). The molecule has 0 fully saturated rings. The van der Waals surface area contributed by atoms with E-state index in [4.69, 9.17) is 10.2 Å². The summed E-state index contributed by atoms with van der Waals surface area (Å²) >= 11 is 0. The minimum Gasteiger partial charge on any atom is -0.478 e. The molecule has 0 aromatic heterocycles. The fraction of sp³-hybridized carbons (Fsp3) is 0.625. The monoisotopic (exact) mass is 328 g/mol. The summed E-state index contributed by atoms with van der Waals surface area (Å²) in [5, 5.41) is 17.8. The van der Waals surface area contributed by atoms with Crippen LogP contribution in [0.25, 0.3) is 0 Å². The van der Waals surface area contributed by atoms with Gasteiger partial charge in [-0.25, -0.2) is 9.59 Å². The van der Waals surface area contributed by atoms with Crippen molar-refractivity contribution in [3.05, 3.63) is 23.3 Å². The molecule has 1 atom stereocenters. The van der Waals surface area contributed by atoms with E-state index in [0.717, 1.165) is 18.9 Å². The first-order chi connectivity index (χ1) is 9.23. The van der Waals surface area contributed by atoms with Crippen LogP contribution in [0, 0.1) is 11.8 Å². The maximum Gasteiger partial charge on any atom is 0.335 e. The fourth-order valence-electron chi connectivity index (χ4n) is 1.99. The van der Waals surface area contributed by atoms with Gasteiger partial charge in [0.1, 0.15) is 0 Å². The molecular weight excluding hydrogens is 302 g/mol. The minimum absolute atomic E-state index is 0. The van der Waals surface area contributed by atoms with Crippen LogP contribution in [0.15, 0.2) is 23.3 Å². The topological polar surface area (TPSA) is 74.6 Å². The summed E-state index contributed by atoms with van der Waals surface area (Å²) in [6, 6.07) is 0. The molecule has 2 N–H and O–H groups in total. The van der Waals surface area contributed by atoms with Crippen LogP contribution >= 0.6 is 0 Å². The first-order valence-electron chi connectivity index (χ1n) is 7.09. The van der Waals surface area contributed by atoms with Gasteiger partial charge in [-0.2, -0.15) is 0 Å². The smallest absolute Gasteiger partial charge is 0.335 e. The Morgan fingerprint density at radius 3 is 2.00 bits per heavy atom. The Bertz CT molecular complexity index is 401. The molecule has 0 aromatic rings. The molecule has 22 heavy (non-hydrogen) atoms. The van der Waals surface area contributed by atoms with Gasteiger partial charge in [-0.3, -0.25) is 0 Å². The maximum atomic E-state index is 11.1. The Balaban J connectivity index is -0.00000180. The molecule has 0 saturated heterocycles. The molecule has 1 unspecified atom stereocenters. The molecule has 0 aromatic carbocycles. The van der Waals surface area contributed by atoms with Gasteiger partial charge in [0.15, 0.2) is 0 Å². The van der Waals surface area contributed by atoms with Crippen molar-refractivity contribution in [2.75, 3.05) is 0 Å². The summed E-state index contributed by atoms with van der Waals surface area (Å²) in [6.45, 7) is 7.98. The molecule has 0 amide bonds. The molecule has 0 aliphatic heterocycles. The standard InChI is InChI=1S/C16H26O4.2Na/c1-11(2)6-5-7-12(3)8-9-14(16(19)20)13(4)10-15(17)18;;/h9-12H,5-8H2,1-4H3,(H,17,18)(H,19,20);;/b13-10-,14-9+;;. The van der Waals surface area contributed by atoms with Crippen LogP contribution in [-0.4, -0.2) is 81.3 Å². The number of carboxylic acid groups (broad SMARTS) is 2. The van der Waals surface area contributed by atoms with E-state index < -0.39 is 11.9 Å². The molecule has 116 valence electrons. The molecule has 0 saturated carbocycles. The van der Waals surface area contributed by atoms with Crippen molar-refractivity contribution in [3.63, 3.8) is 0 Å². The van der Waals surface area contributed by atoms with Crippen LogP contribution < -0.4 is 0 Å². The Kier molecular flexibility index (Phi) is 18.6. The van der Waals surface area contributed by atoms with Crippen molar-refractivity contribution in [2.45, 2.75) is 53.4 Å². The predicted molar refractivity (Wildman–Crippen MR) is 91.1 cm³/mol. The molecular formula is C16H26Na2O4. The summed E-state index contributed by atoms with van der Waals surface area (Å²) in [6.07, 6.45) is 6.60. The average molecular weight is 328 g/mol. The van der Waals surface area contributed by atoms with E-state index >= 15 is 0 Å². The zero-order chi connectivity index (χ0) is 15.7. The molecule has 6 heteroatoms. The quantitative estimate of drug-likeness (QED) is 0.387. The van der Waals surface area contributed by atoms with Crippen LogP contribution in [-0.2, 0) is 9.59 Å². The number of hydrogen-bond donors (Lipinski definition) is 2. The van der Waals surface area contributed by atoms with Gasteiger partial charge in [0, 0.05) is 65.2 Å². The summed E-state index contributed by atoms with van der Waals surface area (Å²) in [4.78, 5) is 21.7. The number of aliphatic carboxylic acids is 2. The van der Waals surface area contributed by atoms with E-state index in [1.807, 2.05) is 0 Å². The van der Waals surface area contributed by atoms with E-state index in [0.29, 0.717) is 18.3 Å². The summed E-state index contributed by atoms with van der Waals surface area (Å²) in [5.74, 6) is -1.11. The van der Waals surface area contributed by atoms with Gasteiger partial charge in [0.05, 0.1) is 5.57 Å². The van der Waals surface area contributed by atoms with Gasteiger partial charge >= 0.3 is 11.9 Å². The van der Waals surface area contributed by atoms with Crippen molar-refractivity contribution in [2.24, 2.45) is 11.8 Å². The Hall–Kier alpha value is 0.420. The largest absolute Gasteiger partial charge is 0.478 e.